The Morgan fingerprint density at radius 1 is 1.45 bits per heavy atom. The third kappa shape index (κ3) is 5.66. The number of carbonyl (C=O) groups excluding carboxylic acids is 1. The summed E-state index contributed by atoms with van der Waals surface area (Å²) in [5, 5.41) is 0. The van der Waals surface area contributed by atoms with E-state index < -0.39 is 12.8 Å². The van der Waals surface area contributed by atoms with E-state index in [1.807, 2.05) is 0 Å². The molecule has 1 fully saturated rings. The normalized spacial score (nSPS) is 23.9. The molecule has 1 amide bonds. The number of likely N-dealkylation sites (tertiary alicyclic amines) is 1. The second-order valence-electron chi connectivity index (χ2n) is 5.19. The van der Waals surface area contributed by atoms with Crippen LogP contribution in [0, 0.1) is 5.92 Å². The predicted molar refractivity (Wildman–Crippen MR) is 69.1 cm³/mol. The number of piperidine rings is 1. The Kier molecular flexibility index (Phi) is 6.75. The largest absolute Gasteiger partial charge is 0.411 e. The minimum atomic E-state index is -4.34. The number of carbonyl (C=O) groups is 1. The van der Waals surface area contributed by atoms with Gasteiger partial charge >= 0.3 is 6.18 Å². The van der Waals surface area contributed by atoms with Crippen LogP contribution in [0.1, 0.15) is 32.6 Å². The van der Waals surface area contributed by atoms with Crippen molar-refractivity contribution in [2.24, 2.45) is 11.7 Å². The van der Waals surface area contributed by atoms with Crippen LogP contribution >= 0.6 is 0 Å². The van der Waals surface area contributed by atoms with Crippen molar-refractivity contribution in [1.82, 2.24) is 4.90 Å². The van der Waals surface area contributed by atoms with Gasteiger partial charge in [0.25, 0.3) is 0 Å². The van der Waals surface area contributed by atoms with E-state index in [9.17, 15) is 18.0 Å². The summed E-state index contributed by atoms with van der Waals surface area (Å²) in [6.45, 7) is 1.63. The standard InChI is InChI=1S/C13H23F3N2O2/c1-2-10-3-5-18(11(7-10)8-17)12(19)4-6-20-9-13(14,15)16/h10-11H,2-9,17H2,1H3. The van der Waals surface area contributed by atoms with Gasteiger partial charge in [0, 0.05) is 19.1 Å². The monoisotopic (exact) mass is 296 g/mol. The van der Waals surface area contributed by atoms with Gasteiger partial charge in [-0.1, -0.05) is 13.3 Å². The van der Waals surface area contributed by atoms with Crippen molar-refractivity contribution >= 4 is 5.91 Å². The van der Waals surface area contributed by atoms with E-state index in [0.29, 0.717) is 19.0 Å². The van der Waals surface area contributed by atoms with Crippen LogP contribution in [0.15, 0.2) is 0 Å². The van der Waals surface area contributed by atoms with Gasteiger partial charge in [-0.3, -0.25) is 4.79 Å². The molecular weight excluding hydrogens is 273 g/mol. The summed E-state index contributed by atoms with van der Waals surface area (Å²) >= 11 is 0. The fourth-order valence-electron chi connectivity index (χ4n) is 2.55. The van der Waals surface area contributed by atoms with Crippen LogP contribution in [0.5, 0.6) is 0 Å². The van der Waals surface area contributed by atoms with Crippen LogP contribution < -0.4 is 5.73 Å². The topological polar surface area (TPSA) is 55.6 Å². The first-order valence-electron chi connectivity index (χ1n) is 7.01. The number of ether oxygens (including phenoxy) is 1. The number of amides is 1. The molecule has 0 aliphatic carbocycles. The third-order valence-corrected chi connectivity index (χ3v) is 3.72. The summed E-state index contributed by atoms with van der Waals surface area (Å²) < 4.78 is 40.2. The lowest BCUT2D eigenvalue weighted by Gasteiger charge is -2.39. The van der Waals surface area contributed by atoms with Gasteiger partial charge in [-0.05, 0) is 18.8 Å². The summed E-state index contributed by atoms with van der Waals surface area (Å²) in [6, 6.07) is 0.00353. The summed E-state index contributed by atoms with van der Waals surface area (Å²) in [5.74, 6) is 0.409. The lowest BCUT2D eigenvalue weighted by Crippen LogP contribution is -2.49. The third-order valence-electron chi connectivity index (χ3n) is 3.72. The number of halogens is 3. The van der Waals surface area contributed by atoms with E-state index in [0.717, 1.165) is 19.3 Å². The second-order valence-corrected chi connectivity index (χ2v) is 5.19. The molecule has 0 spiro atoms. The highest BCUT2D eigenvalue weighted by Gasteiger charge is 2.30. The zero-order valence-electron chi connectivity index (χ0n) is 11.8. The van der Waals surface area contributed by atoms with Gasteiger partial charge in [-0.25, -0.2) is 0 Å². The second kappa shape index (κ2) is 7.83. The molecule has 20 heavy (non-hydrogen) atoms. The molecule has 118 valence electrons. The maximum absolute atomic E-state index is 12.0. The van der Waals surface area contributed by atoms with E-state index in [4.69, 9.17) is 5.73 Å². The van der Waals surface area contributed by atoms with Crippen molar-refractivity contribution in [3.63, 3.8) is 0 Å². The predicted octanol–water partition coefficient (Wildman–Crippen LogP) is 1.93. The summed E-state index contributed by atoms with van der Waals surface area (Å²) in [6.07, 6.45) is -1.50. The Bertz CT molecular complexity index is 310. The molecule has 1 aliphatic heterocycles. The van der Waals surface area contributed by atoms with Gasteiger partial charge < -0.3 is 15.4 Å². The molecule has 0 aromatic heterocycles. The van der Waals surface area contributed by atoms with Crippen molar-refractivity contribution < 1.29 is 22.7 Å². The Hall–Kier alpha value is -0.820. The minimum Gasteiger partial charge on any atom is -0.372 e. The van der Waals surface area contributed by atoms with E-state index >= 15 is 0 Å². The van der Waals surface area contributed by atoms with E-state index in [2.05, 4.69) is 11.7 Å². The van der Waals surface area contributed by atoms with Crippen molar-refractivity contribution in [2.75, 3.05) is 26.3 Å². The van der Waals surface area contributed by atoms with Gasteiger partial charge in [-0.15, -0.1) is 0 Å². The van der Waals surface area contributed by atoms with Crippen LogP contribution in [0.25, 0.3) is 0 Å². The zero-order valence-corrected chi connectivity index (χ0v) is 11.8. The SMILES string of the molecule is CCC1CCN(C(=O)CCOCC(F)(F)F)C(CN)C1. The molecule has 1 rings (SSSR count). The summed E-state index contributed by atoms with van der Waals surface area (Å²) in [7, 11) is 0. The lowest BCUT2D eigenvalue weighted by atomic mass is 9.88. The molecule has 1 heterocycles. The van der Waals surface area contributed by atoms with Crippen LogP contribution in [-0.2, 0) is 9.53 Å². The van der Waals surface area contributed by atoms with E-state index in [1.165, 1.54) is 0 Å². The van der Waals surface area contributed by atoms with Gasteiger partial charge in [-0.2, -0.15) is 13.2 Å². The van der Waals surface area contributed by atoms with Crippen molar-refractivity contribution in [3.8, 4) is 0 Å². The highest BCUT2D eigenvalue weighted by molar-refractivity contribution is 5.76. The number of alkyl halides is 3. The first-order chi connectivity index (χ1) is 9.37. The highest BCUT2D eigenvalue weighted by Crippen LogP contribution is 2.25. The highest BCUT2D eigenvalue weighted by atomic mass is 19.4. The Morgan fingerprint density at radius 3 is 2.70 bits per heavy atom. The maximum Gasteiger partial charge on any atom is 0.411 e. The molecule has 0 saturated carbocycles. The Labute approximate surface area is 117 Å². The van der Waals surface area contributed by atoms with Crippen LogP contribution in [0.3, 0.4) is 0 Å². The summed E-state index contributed by atoms with van der Waals surface area (Å²) in [5.41, 5.74) is 5.69. The van der Waals surface area contributed by atoms with Crippen molar-refractivity contribution in [2.45, 2.75) is 44.8 Å². The number of hydrogen-bond donors (Lipinski definition) is 1. The zero-order chi connectivity index (χ0) is 15.2. The molecule has 7 heteroatoms. The minimum absolute atomic E-state index is 0.00353. The molecule has 2 atom stereocenters. The molecular formula is C13H23F3N2O2. The maximum atomic E-state index is 12.0. The van der Waals surface area contributed by atoms with Gasteiger partial charge in [0.2, 0.25) is 5.91 Å². The van der Waals surface area contributed by atoms with Crippen molar-refractivity contribution in [1.29, 1.82) is 0 Å². The fourth-order valence-corrected chi connectivity index (χ4v) is 2.55. The van der Waals surface area contributed by atoms with Gasteiger partial charge in [0.15, 0.2) is 0 Å². The van der Waals surface area contributed by atoms with E-state index in [1.54, 1.807) is 4.90 Å². The Balaban J connectivity index is 2.35. The van der Waals surface area contributed by atoms with Crippen LogP contribution in [-0.4, -0.2) is 49.3 Å². The number of rotatable bonds is 6. The van der Waals surface area contributed by atoms with Crippen molar-refractivity contribution in [3.05, 3.63) is 0 Å². The first-order valence-corrected chi connectivity index (χ1v) is 7.01. The average molecular weight is 296 g/mol. The van der Waals surface area contributed by atoms with E-state index in [-0.39, 0.29) is 25.0 Å². The van der Waals surface area contributed by atoms with Crippen LogP contribution in [0.4, 0.5) is 13.2 Å². The Morgan fingerprint density at radius 2 is 2.15 bits per heavy atom. The molecule has 0 bridgehead atoms. The number of hydrogen-bond acceptors (Lipinski definition) is 3. The summed E-state index contributed by atoms with van der Waals surface area (Å²) in [4.78, 5) is 13.7. The molecule has 2 N–H and O–H groups in total. The average Bonchev–Trinajstić information content (AvgIpc) is 2.41. The molecule has 1 saturated heterocycles. The number of nitrogens with zero attached hydrogens (tertiary/aromatic N) is 1. The van der Waals surface area contributed by atoms with Gasteiger partial charge in [0.05, 0.1) is 13.0 Å². The molecule has 4 nitrogen and oxygen atoms in total. The molecule has 0 radical (unpaired) electrons. The molecule has 0 aromatic carbocycles. The van der Waals surface area contributed by atoms with Crippen LogP contribution in [0.2, 0.25) is 0 Å². The van der Waals surface area contributed by atoms with Gasteiger partial charge in [0.1, 0.15) is 6.61 Å². The molecule has 1 aliphatic rings. The molecule has 2 unspecified atom stereocenters. The smallest absolute Gasteiger partial charge is 0.372 e. The quantitative estimate of drug-likeness (QED) is 0.762. The first kappa shape index (κ1) is 17.2. The number of nitrogens with two attached hydrogens (primary N) is 1. The molecule has 0 aromatic rings. The lowest BCUT2D eigenvalue weighted by molar-refractivity contribution is -0.175. The fraction of sp³-hybridized carbons (Fsp3) is 0.923.